The van der Waals surface area contributed by atoms with E-state index in [9.17, 15) is 9.59 Å². The highest BCUT2D eigenvalue weighted by Crippen LogP contribution is 2.12. The third-order valence-corrected chi connectivity index (χ3v) is 1.36. The number of anilines is 1. The van der Waals surface area contributed by atoms with Gasteiger partial charge in [0.2, 0.25) is 0 Å². The van der Waals surface area contributed by atoms with Crippen LogP contribution in [-0.4, -0.2) is 22.3 Å². The lowest BCUT2D eigenvalue weighted by Gasteiger charge is -2.00. The quantitative estimate of drug-likeness (QED) is 0.611. The van der Waals surface area contributed by atoms with Crippen LogP contribution in [-0.2, 0) is 0 Å². The van der Waals surface area contributed by atoms with Crippen LogP contribution in [0.25, 0.3) is 0 Å². The summed E-state index contributed by atoms with van der Waals surface area (Å²) in [5.74, 6) is -1.17. The Balaban J connectivity index is 3.32. The van der Waals surface area contributed by atoms with E-state index in [1.807, 2.05) is 0 Å². The van der Waals surface area contributed by atoms with Gasteiger partial charge in [-0.25, -0.2) is 4.79 Å². The van der Waals surface area contributed by atoms with E-state index in [0.29, 0.717) is 6.29 Å². The molecule has 0 saturated heterocycles. The number of rotatable bonds is 2. The minimum absolute atomic E-state index is 0.0464. The molecule has 1 heterocycles. The number of carboxylic acids is 1. The van der Waals surface area contributed by atoms with Gasteiger partial charge in [0, 0.05) is 6.20 Å². The molecule has 0 fully saturated rings. The molecule has 12 heavy (non-hydrogen) atoms. The number of pyridine rings is 1. The monoisotopic (exact) mass is 166 g/mol. The third kappa shape index (κ3) is 1.24. The van der Waals surface area contributed by atoms with Crippen molar-refractivity contribution in [1.29, 1.82) is 0 Å². The van der Waals surface area contributed by atoms with E-state index in [0.717, 1.165) is 0 Å². The molecule has 0 aromatic carbocycles. The summed E-state index contributed by atoms with van der Waals surface area (Å²) in [6.45, 7) is 0. The molecule has 1 rings (SSSR count). The number of nitrogen functional groups attached to an aromatic ring is 1. The zero-order chi connectivity index (χ0) is 9.14. The molecular formula is C7H6N2O3. The van der Waals surface area contributed by atoms with Gasteiger partial charge in [-0.15, -0.1) is 0 Å². The van der Waals surface area contributed by atoms with E-state index < -0.39 is 5.97 Å². The van der Waals surface area contributed by atoms with Crippen molar-refractivity contribution in [2.45, 2.75) is 0 Å². The Bertz CT molecular complexity index is 335. The number of carbonyl (C=O) groups excluding carboxylic acids is 1. The van der Waals surface area contributed by atoms with Crippen molar-refractivity contribution in [3.05, 3.63) is 23.5 Å². The zero-order valence-electron chi connectivity index (χ0n) is 6.02. The summed E-state index contributed by atoms with van der Waals surface area (Å²) < 4.78 is 0. The summed E-state index contributed by atoms with van der Waals surface area (Å²) >= 11 is 0. The first-order chi connectivity index (χ1) is 5.66. The Kier molecular flexibility index (Phi) is 2.05. The lowest BCUT2D eigenvalue weighted by Crippen LogP contribution is -2.06. The Morgan fingerprint density at radius 1 is 1.67 bits per heavy atom. The number of hydrogen-bond donors (Lipinski definition) is 2. The van der Waals surface area contributed by atoms with Crippen LogP contribution in [0, 0.1) is 0 Å². The zero-order valence-corrected chi connectivity index (χ0v) is 6.02. The number of nitrogens with two attached hydrogens (primary N) is 1. The molecule has 3 N–H and O–H groups in total. The summed E-state index contributed by atoms with van der Waals surface area (Å²) in [6, 6.07) is 1.24. The standard InChI is InChI=1S/C7H6N2O3/c8-6-4(7(11)12)1-2-9-5(6)3-10/h1-3H,8H2,(H,11,12). The summed E-state index contributed by atoms with van der Waals surface area (Å²) in [5, 5.41) is 8.56. The highest BCUT2D eigenvalue weighted by molar-refractivity contribution is 5.97. The topological polar surface area (TPSA) is 93.3 Å². The number of hydrogen-bond acceptors (Lipinski definition) is 4. The molecule has 0 aliphatic rings. The molecule has 0 unspecified atom stereocenters. The van der Waals surface area contributed by atoms with Crippen LogP contribution in [0.2, 0.25) is 0 Å². The molecule has 62 valence electrons. The van der Waals surface area contributed by atoms with Gasteiger partial charge in [-0.3, -0.25) is 9.78 Å². The van der Waals surface area contributed by atoms with Crippen molar-refractivity contribution >= 4 is 17.9 Å². The molecule has 0 atom stereocenters. The molecule has 1 aromatic rings. The Morgan fingerprint density at radius 3 is 2.83 bits per heavy atom. The Morgan fingerprint density at radius 2 is 2.33 bits per heavy atom. The minimum atomic E-state index is -1.17. The van der Waals surface area contributed by atoms with Crippen LogP contribution in [0.5, 0.6) is 0 Å². The van der Waals surface area contributed by atoms with Gasteiger partial charge in [-0.05, 0) is 6.07 Å². The number of aromatic nitrogens is 1. The van der Waals surface area contributed by atoms with Gasteiger partial charge >= 0.3 is 5.97 Å². The van der Waals surface area contributed by atoms with Gasteiger partial charge in [0.05, 0.1) is 11.3 Å². The van der Waals surface area contributed by atoms with Crippen molar-refractivity contribution in [2.24, 2.45) is 0 Å². The molecule has 0 saturated carbocycles. The van der Waals surface area contributed by atoms with Crippen LogP contribution in [0.1, 0.15) is 20.8 Å². The first kappa shape index (κ1) is 8.19. The predicted molar refractivity (Wildman–Crippen MR) is 41.0 cm³/mol. The summed E-state index contributed by atoms with van der Waals surface area (Å²) in [4.78, 5) is 24.3. The molecule has 1 aromatic heterocycles. The van der Waals surface area contributed by atoms with Crippen LogP contribution in [0.4, 0.5) is 5.69 Å². The van der Waals surface area contributed by atoms with Crippen LogP contribution in [0.15, 0.2) is 12.3 Å². The van der Waals surface area contributed by atoms with Gasteiger partial charge in [-0.1, -0.05) is 0 Å². The number of nitrogens with zero attached hydrogens (tertiary/aromatic N) is 1. The number of aldehydes is 1. The second-order valence-electron chi connectivity index (χ2n) is 2.08. The van der Waals surface area contributed by atoms with E-state index in [1.54, 1.807) is 0 Å². The lowest BCUT2D eigenvalue weighted by molar-refractivity contribution is 0.0698. The van der Waals surface area contributed by atoms with E-state index in [2.05, 4.69) is 4.98 Å². The lowest BCUT2D eigenvalue weighted by atomic mass is 10.2. The van der Waals surface area contributed by atoms with E-state index in [1.165, 1.54) is 12.3 Å². The van der Waals surface area contributed by atoms with Crippen molar-refractivity contribution < 1.29 is 14.7 Å². The number of carbonyl (C=O) groups is 2. The molecule has 5 heteroatoms. The predicted octanol–water partition coefficient (Wildman–Crippen LogP) is 0.175. The van der Waals surface area contributed by atoms with Crippen molar-refractivity contribution in [3.8, 4) is 0 Å². The Hall–Kier alpha value is -1.91. The first-order valence-electron chi connectivity index (χ1n) is 3.09. The van der Waals surface area contributed by atoms with E-state index >= 15 is 0 Å². The van der Waals surface area contributed by atoms with Crippen molar-refractivity contribution in [3.63, 3.8) is 0 Å². The smallest absolute Gasteiger partial charge is 0.337 e. The highest BCUT2D eigenvalue weighted by atomic mass is 16.4. The van der Waals surface area contributed by atoms with Crippen molar-refractivity contribution in [2.75, 3.05) is 5.73 Å². The highest BCUT2D eigenvalue weighted by Gasteiger charge is 2.10. The van der Waals surface area contributed by atoms with E-state index in [4.69, 9.17) is 10.8 Å². The fraction of sp³-hybridized carbons (Fsp3) is 0. The fourth-order valence-electron chi connectivity index (χ4n) is 0.770. The molecule has 0 amide bonds. The van der Waals surface area contributed by atoms with Crippen LogP contribution >= 0.6 is 0 Å². The molecule has 0 radical (unpaired) electrons. The van der Waals surface area contributed by atoms with Gasteiger partial charge < -0.3 is 10.8 Å². The number of aromatic carboxylic acids is 1. The summed E-state index contributed by atoms with van der Waals surface area (Å²) in [7, 11) is 0. The average molecular weight is 166 g/mol. The second-order valence-corrected chi connectivity index (χ2v) is 2.08. The molecule has 0 bridgehead atoms. The van der Waals surface area contributed by atoms with Gasteiger partial charge in [-0.2, -0.15) is 0 Å². The van der Waals surface area contributed by atoms with Crippen LogP contribution in [0.3, 0.4) is 0 Å². The molecule has 0 aliphatic carbocycles. The van der Waals surface area contributed by atoms with E-state index in [-0.39, 0.29) is 16.9 Å². The summed E-state index contributed by atoms with van der Waals surface area (Å²) in [6.07, 6.45) is 1.64. The fourth-order valence-corrected chi connectivity index (χ4v) is 0.770. The number of carboxylic acid groups (broad SMARTS) is 1. The first-order valence-corrected chi connectivity index (χ1v) is 3.09. The van der Waals surface area contributed by atoms with Crippen LogP contribution < -0.4 is 5.73 Å². The average Bonchev–Trinajstić information content (AvgIpc) is 2.04. The SMILES string of the molecule is Nc1c(C(=O)O)ccnc1C=O. The third-order valence-electron chi connectivity index (χ3n) is 1.36. The van der Waals surface area contributed by atoms with Crippen molar-refractivity contribution in [1.82, 2.24) is 4.98 Å². The molecule has 5 nitrogen and oxygen atoms in total. The molecule has 0 aliphatic heterocycles. The maximum atomic E-state index is 10.5. The normalized spacial score (nSPS) is 9.33. The minimum Gasteiger partial charge on any atom is -0.478 e. The maximum absolute atomic E-state index is 10.5. The second kappa shape index (κ2) is 3.00. The maximum Gasteiger partial charge on any atom is 0.337 e. The van der Waals surface area contributed by atoms with Gasteiger partial charge in [0.25, 0.3) is 0 Å². The van der Waals surface area contributed by atoms with Gasteiger partial charge in [0.1, 0.15) is 5.69 Å². The largest absolute Gasteiger partial charge is 0.478 e. The molecular weight excluding hydrogens is 160 g/mol. The van der Waals surface area contributed by atoms with Gasteiger partial charge in [0.15, 0.2) is 6.29 Å². The Labute approximate surface area is 67.8 Å². The summed E-state index contributed by atoms with van der Waals surface area (Å²) in [5.41, 5.74) is 5.07. The molecule has 0 spiro atoms.